The maximum Gasteiger partial charge on any atom is 0.332 e. The van der Waals surface area contributed by atoms with E-state index in [1.54, 1.807) is 6.07 Å². The number of benzene rings is 1. The minimum Gasteiger partial charge on any atom is -0.484 e. The van der Waals surface area contributed by atoms with Crippen molar-refractivity contribution in [2.24, 2.45) is 14.1 Å². The van der Waals surface area contributed by atoms with Crippen molar-refractivity contribution in [1.29, 1.82) is 0 Å². The topological polar surface area (TPSA) is 95.2 Å². The minimum atomic E-state index is -0.470. The number of fused-ring (bicyclic) bond motifs is 1. The Balaban J connectivity index is 1.79. The number of hydrogen-bond donors (Lipinski definition) is 1. The zero-order valence-electron chi connectivity index (χ0n) is 14.6. The van der Waals surface area contributed by atoms with Crippen LogP contribution in [0.2, 0.25) is 0 Å². The molecule has 0 atom stereocenters. The molecule has 0 bridgehead atoms. The van der Waals surface area contributed by atoms with Gasteiger partial charge in [0, 0.05) is 14.1 Å². The molecule has 0 aliphatic heterocycles. The van der Waals surface area contributed by atoms with Crippen LogP contribution in [-0.4, -0.2) is 26.6 Å². The zero-order valence-corrected chi connectivity index (χ0v) is 14.6. The van der Waals surface area contributed by atoms with Crippen LogP contribution in [-0.2, 0) is 18.9 Å². The lowest BCUT2D eigenvalue weighted by Crippen LogP contribution is -2.37. The number of rotatable bonds is 4. The number of ether oxygens (including phenoxy) is 1. The van der Waals surface area contributed by atoms with Crippen LogP contribution < -0.4 is 21.3 Å². The first kappa shape index (κ1) is 17.4. The highest BCUT2D eigenvalue weighted by molar-refractivity contribution is 5.93. The van der Waals surface area contributed by atoms with E-state index < -0.39 is 11.2 Å². The van der Waals surface area contributed by atoms with Crippen molar-refractivity contribution in [3.05, 3.63) is 62.9 Å². The molecule has 2 heterocycles. The molecule has 0 aliphatic rings. The third-order valence-electron chi connectivity index (χ3n) is 3.94. The van der Waals surface area contributed by atoms with Crippen LogP contribution in [0.4, 0.5) is 5.69 Å². The number of nitrogens with zero attached hydrogens (tertiary/aromatic N) is 3. The molecule has 0 saturated carbocycles. The SMILES string of the molecule is Cc1cccc(OCC(=O)Nc2cnc3c(c2)c(=O)n(C)c(=O)n3C)c1. The maximum atomic E-state index is 12.3. The molecule has 2 aromatic heterocycles. The highest BCUT2D eigenvalue weighted by Gasteiger charge is 2.11. The molecule has 0 spiro atoms. The summed E-state index contributed by atoms with van der Waals surface area (Å²) in [6.45, 7) is 1.76. The van der Waals surface area contributed by atoms with Crippen LogP contribution >= 0.6 is 0 Å². The quantitative estimate of drug-likeness (QED) is 0.753. The summed E-state index contributed by atoms with van der Waals surface area (Å²) in [5.41, 5.74) is 0.711. The smallest absolute Gasteiger partial charge is 0.332 e. The molecular formula is C18H18N4O4. The molecule has 3 rings (SSSR count). The second kappa shape index (κ2) is 6.83. The van der Waals surface area contributed by atoms with Crippen LogP contribution in [0.5, 0.6) is 5.75 Å². The fourth-order valence-corrected chi connectivity index (χ4v) is 2.58. The van der Waals surface area contributed by atoms with Gasteiger partial charge < -0.3 is 10.1 Å². The Morgan fingerprint density at radius 2 is 1.96 bits per heavy atom. The second-order valence-electron chi connectivity index (χ2n) is 5.95. The standard InChI is InChI=1S/C18H18N4O4/c1-11-5-4-6-13(7-11)26-10-15(23)20-12-8-14-16(19-9-12)21(2)18(25)22(3)17(14)24/h4-9H,10H2,1-3H3,(H,20,23). The van der Waals surface area contributed by atoms with E-state index in [9.17, 15) is 14.4 Å². The van der Waals surface area contributed by atoms with E-state index in [0.29, 0.717) is 11.4 Å². The van der Waals surface area contributed by atoms with Crippen molar-refractivity contribution in [2.75, 3.05) is 11.9 Å². The number of aromatic nitrogens is 3. The maximum absolute atomic E-state index is 12.3. The van der Waals surface area contributed by atoms with E-state index >= 15 is 0 Å². The molecular weight excluding hydrogens is 336 g/mol. The summed E-state index contributed by atoms with van der Waals surface area (Å²) < 4.78 is 7.72. The monoisotopic (exact) mass is 354 g/mol. The third-order valence-corrected chi connectivity index (χ3v) is 3.94. The molecule has 0 fully saturated rings. The summed E-state index contributed by atoms with van der Waals surface area (Å²) in [6.07, 6.45) is 1.39. The van der Waals surface area contributed by atoms with Crippen molar-refractivity contribution >= 4 is 22.6 Å². The van der Waals surface area contributed by atoms with Crippen LogP contribution in [0.25, 0.3) is 11.0 Å². The van der Waals surface area contributed by atoms with Crippen molar-refractivity contribution in [3.63, 3.8) is 0 Å². The summed E-state index contributed by atoms with van der Waals surface area (Å²) in [5, 5.41) is 2.88. The molecule has 0 radical (unpaired) electrons. The molecule has 0 aliphatic carbocycles. The van der Waals surface area contributed by atoms with Gasteiger partial charge in [-0.05, 0) is 30.7 Å². The molecule has 0 saturated heterocycles. The Kier molecular flexibility index (Phi) is 4.57. The lowest BCUT2D eigenvalue weighted by molar-refractivity contribution is -0.118. The number of hydrogen-bond acceptors (Lipinski definition) is 5. The lowest BCUT2D eigenvalue weighted by Gasteiger charge is -2.10. The molecule has 0 unspecified atom stereocenters. The number of aryl methyl sites for hydroxylation is 2. The average Bonchev–Trinajstić information content (AvgIpc) is 2.63. The van der Waals surface area contributed by atoms with E-state index in [4.69, 9.17) is 4.74 Å². The van der Waals surface area contributed by atoms with Gasteiger partial charge in [0.25, 0.3) is 11.5 Å². The Morgan fingerprint density at radius 3 is 2.69 bits per heavy atom. The molecule has 3 aromatic rings. The van der Waals surface area contributed by atoms with Gasteiger partial charge in [-0.1, -0.05) is 12.1 Å². The number of carbonyl (C=O) groups is 1. The second-order valence-corrected chi connectivity index (χ2v) is 5.95. The van der Waals surface area contributed by atoms with Crippen molar-refractivity contribution in [2.45, 2.75) is 6.92 Å². The molecule has 26 heavy (non-hydrogen) atoms. The predicted molar refractivity (Wildman–Crippen MR) is 97.5 cm³/mol. The van der Waals surface area contributed by atoms with Crippen LogP contribution in [0, 0.1) is 6.92 Å². The lowest BCUT2D eigenvalue weighted by atomic mass is 10.2. The molecule has 1 amide bonds. The largest absolute Gasteiger partial charge is 0.484 e. The number of nitrogens with one attached hydrogen (secondary N) is 1. The van der Waals surface area contributed by atoms with Crippen molar-refractivity contribution < 1.29 is 9.53 Å². The first-order chi connectivity index (χ1) is 12.4. The van der Waals surface area contributed by atoms with Gasteiger partial charge in [-0.25, -0.2) is 9.78 Å². The number of pyridine rings is 1. The van der Waals surface area contributed by atoms with Gasteiger partial charge in [0.05, 0.1) is 17.3 Å². The Hall–Kier alpha value is -3.42. The van der Waals surface area contributed by atoms with E-state index in [1.807, 2.05) is 25.1 Å². The predicted octanol–water partition coefficient (Wildman–Crippen LogP) is 0.958. The summed E-state index contributed by atoms with van der Waals surface area (Å²) in [5.74, 6) is 0.218. The molecule has 134 valence electrons. The number of anilines is 1. The van der Waals surface area contributed by atoms with E-state index in [0.717, 1.165) is 10.1 Å². The van der Waals surface area contributed by atoms with Gasteiger partial charge >= 0.3 is 5.69 Å². The zero-order chi connectivity index (χ0) is 18.8. The molecule has 8 nitrogen and oxygen atoms in total. The van der Waals surface area contributed by atoms with Gasteiger partial charge in [-0.3, -0.25) is 18.7 Å². The first-order valence-electron chi connectivity index (χ1n) is 7.92. The van der Waals surface area contributed by atoms with E-state index in [2.05, 4.69) is 10.3 Å². The summed E-state index contributed by atoms with van der Waals surface area (Å²) in [4.78, 5) is 40.4. The van der Waals surface area contributed by atoms with E-state index in [1.165, 1.54) is 30.9 Å². The molecule has 1 aromatic carbocycles. The summed E-state index contributed by atoms with van der Waals surface area (Å²) in [7, 11) is 2.93. The van der Waals surface area contributed by atoms with Crippen molar-refractivity contribution in [3.8, 4) is 5.75 Å². The first-order valence-corrected chi connectivity index (χ1v) is 7.92. The van der Waals surface area contributed by atoms with Crippen LogP contribution in [0.1, 0.15) is 5.56 Å². The highest BCUT2D eigenvalue weighted by atomic mass is 16.5. The highest BCUT2D eigenvalue weighted by Crippen LogP contribution is 2.14. The van der Waals surface area contributed by atoms with Gasteiger partial charge in [0.2, 0.25) is 0 Å². The van der Waals surface area contributed by atoms with Crippen molar-refractivity contribution in [1.82, 2.24) is 14.1 Å². The number of amides is 1. The Labute approximate surface area is 148 Å². The van der Waals surface area contributed by atoms with Crippen LogP contribution in [0.15, 0.2) is 46.1 Å². The number of carbonyl (C=O) groups excluding carboxylic acids is 1. The fraction of sp³-hybridized carbons (Fsp3) is 0.222. The van der Waals surface area contributed by atoms with Gasteiger partial charge in [0.15, 0.2) is 6.61 Å². The normalized spacial score (nSPS) is 10.7. The van der Waals surface area contributed by atoms with Gasteiger partial charge in [0.1, 0.15) is 11.4 Å². The van der Waals surface area contributed by atoms with Gasteiger partial charge in [-0.2, -0.15) is 0 Å². The Morgan fingerprint density at radius 1 is 1.19 bits per heavy atom. The Bertz CT molecular complexity index is 1110. The third kappa shape index (κ3) is 3.34. The van der Waals surface area contributed by atoms with Gasteiger partial charge in [-0.15, -0.1) is 0 Å². The minimum absolute atomic E-state index is 0.174. The molecule has 1 N–H and O–H groups in total. The average molecular weight is 354 g/mol. The van der Waals surface area contributed by atoms with Crippen LogP contribution in [0.3, 0.4) is 0 Å². The fourth-order valence-electron chi connectivity index (χ4n) is 2.58. The summed E-state index contributed by atoms with van der Waals surface area (Å²) in [6, 6.07) is 8.86. The molecule has 8 heteroatoms. The summed E-state index contributed by atoms with van der Waals surface area (Å²) >= 11 is 0. The van der Waals surface area contributed by atoms with E-state index in [-0.39, 0.29) is 23.5 Å².